The van der Waals surface area contributed by atoms with Crippen molar-refractivity contribution < 1.29 is 15.3 Å². The van der Waals surface area contributed by atoms with Crippen LogP contribution in [0.1, 0.15) is 18.1 Å². The number of nitrogens with one attached hydrogen (secondary N) is 1. The summed E-state index contributed by atoms with van der Waals surface area (Å²) < 4.78 is 0. The molecule has 0 amide bonds. The van der Waals surface area contributed by atoms with Crippen LogP contribution in [-0.2, 0) is 0 Å². The van der Waals surface area contributed by atoms with E-state index in [0.717, 1.165) is 0 Å². The number of nitrogens with zero attached hydrogens (tertiary/aromatic N) is 1. The zero-order valence-corrected chi connectivity index (χ0v) is 7.42. The van der Waals surface area contributed by atoms with E-state index >= 15 is 0 Å². The third-order valence-electron chi connectivity index (χ3n) is 1.85. The Balaban J connectivity index is 2.84. The fourth-order valence-electron chi connectivity index (χ4n) is 1.06. The molecule has 1 aromatic heterocycles. The predicted molar refractivity (Wildman–Crippen MR) is 47.5 cm³/mol. The highest BCUT2D eigenvalue weighted by Crippen LogP contribution is 2.13. The van der Waals surface area contributed by atoms with Crippen molar-refractivity contribution in [1.29, 1.82) is 0 Å². The van der Waals surface area contributed by atoms with Crippen LogP contribution >= 0.6 is 0 Å². The molecule has 2 unspecified atom stereocenters. The first-order chi connectivity index (χ1) is 6.66. The summed E-state index contributed by atoms with van der Waals surface area (Å²) in [6.07, 6.45) is -0.0961. The van der Waals surface area contributed by atoms with Gasteiger partial charge in [-0.3, -0.25) is 4.79 Å². The standard InChI is InChI=1S/C8H12N2O4/c11-2-1-6(12)7(13)5-3-9-4-10-8(5)14/h3-4,6-7,11-13H,1-2H2,(H,9,10,14). The number of H-pyrrole nitrogens is 1. The van der Waals surface area contributed by atoms with Gasteiger partial charge in [0.1, 0.15) is 6.10 Å². The quantitative estimate of drug-likeness (QED) is 0.475. The predicted octanol–water partition coefficient (Wildman–Crippen LogP) is -1.45. The van der Waals surface area contributed by atoms with Crippen molar-refractivity contribution in [3.8, 4) is 0 Å². The van der Waals surface area contributed by atoms with Crippen LogP contribution in [-0.4, -0.2) is 38.0 Å². The molecule has 1 aromatic rings. The van der Waals surface area contributed by atoms with Crippen molar-refractivity contribution in [3.05, 3.63) is 28.4 Å². The van der Waals surface area contributed by atoms with E-state index in [-0.39, 0.29) is 18.6 Å². The molecule has 6 nitrogen and oxygen atoms in total. The van der Waals surface area contributed by atoms with Gasteiger partial charge >= 0.3 is 0 Å². The Labute approximate surface area is 79.9 Å². The molecule has 2 atom stereocenters. The summed E-state index contributed by atoms with van der Waals surface area (Å²) in [5.74, 6) is 0. The lowest BCUT2D eigenvalue weighted by Crippen LogP contribution is -2.26. The van der Waals surface area contributed by atoms with Gasteiger partial charge in [0.2, 0.25) is 0 Å². The molecule has 1 heterocycles. The number of hydrogen-bond acceptors (Lipinski definition) is 5. The molecule has 0 aliphatic rings. The van der Waals surface area contributed by atoms with E-state index in [1.807, 2.05) is 0 Å². The molecule has 0 aromatic carbocycles. The molecule has 0 saturated heterocycles. The van der Waals surface area contributed by atoms with E-state index in [0.29, 0.717) is 0 Å². The molecule has 0 spiro atoms. The van der Waals surface area contributed by atoms with Gasteiger partial charge in [-0.05, 0) is 6.42 Å². The van der Waals surface area contributed by atoms with Gasteiger partial charge in [-0.2, -0.15) is 0 Å². The summed E-state index contributed by atoms with van der Waals surface area (Å²) >= 11 is 0. The van der Waals surface area contributed by atoms with Gasteiger partial charge in [0, 0.05) is 12.8 Å². The van der Waals surface area contributed by atoms with Gasteiger partial charge in [0.15, 0.2) is 0 Å². The number of rotatable bonds is 4. The Morgan fingerprint density at radius 2 is 2.21 bits per heavy atom. The summed E-state index contributed by atoms with van der Waals surface area (Å²) in [5, 5.41) is 27.3. The van der Waals surface area contributed by atoms with Crippen molar-refractivity contribution in [3.63, 3.8) is 0 Å². The largest absolute Gasteiger partial charge is 0.396 e. The Bertz CT molecular complexity index is 338. The molecule has 6 heteroatoms. The molecule has 0 radical (unpaired) electrons. The second-order valence-corrected chi connectivity index (χ2v) is 2.86. The van der Waals surface area contributed by atoms with Crippen LogP contribution in [0.15, 0.2) is 17.3 Å². The lowest BCUT2D eigenvalue weighted by molar-refractivity contribution is 0.00326. The zero-order chi connectivity index (χ0) is 10.6. The van der Waals surface area contributed by atoms with Crippen LogP contribution in [0.2, 0.25) is 0 Å². The fourth-order valence-corrected chi connectivity index (χ4v) is 1.06. The van der Waals surface area contributed by atoms with Crippen molar-refractivity contribution in [1.82, 2.24) is 9.97 Å². The number of aromatic amines is 1. The van der Waals surface area contributed by atoms with Crippen LogP contribution in [0, 0.1) is 0 Å². The zero-order valence-electron chi connectivity index (χ0n) is 7.42. The van der Waals surface area contributed by atoms with Gasteiger partial charge in [0.05, 0.1) is 18.0 Å². The Morgan fingerprint density at radius 1 is 1.50 bits per heavy atom. The third kappa shape index (κ3) is 2.38. The summed E-state index contributed by atoms with van der Waals surface area (Å²) in [4.78, 5) is 17.0. The van der Waals surface area contributed by atoms with Gasteiger partial charge in [-0.25, -0.2) is 4.98 Å². The number of aliphatic hydroxyl groups excluding tert-OH is 3. The minimum absolute atomic E-state index is 0.00606. The molecule has 78 valence electrons. The third-order valence-corrected chi connectivity index (χ3v) is 1.85. The number of hydrogen-bond donors (Lipinski definition) is 4. The normalized spacial score (nSPS) is 15.1. The molecule has 14 heavy (non-hydrogen) atoms. The van der Waals surface area contributed by atoms with Crippen LogP contribution in [0.25, 0.3) is 0 Å². The number of aliphatic hydroxyl groups is 3. The topological polar surface area (TPSA) is 106 Å². The van der Waals surface area contributed by atoms with Crippen molar-refractivity contribution in [2.24, 2.45) is 0 Å². The minimum Gasteiger partial charge on any atom is -0.396 e. The summed E-state index contributed by atoms with van der Waals surface area (Å²) in [6.45, 7) is -0.254. The van der Waals surface area contributed by atoms with Crippen LogP contribution in [0.4, 0.5) is 0 Å². The molecule has 1 rings (SSSR count). The maximum atomic E-state index is 11.1. The average molecular weight is 200 g/mol. The van der Waals surface area contributed by atoms with Crippen molar-refractivity contribution in [2.75, 3.05) is 6.61 Å². The maximum absolute atomic E-state index is 11.1. The van der Waals surface area contributed by atoms with E-state index in [2.05, 4.69) is 9.97 Å². The second-order valence-electron chi connectivity index (χ2n) is 2.86. The van der Waals surface area contributed by atoms with E-state index in [9.17, 15) is 15.0 Å². The molecule has 0 aliphatic heterocycles. The minimum atomic E-state index is -1.32. The Morgan fingerprint density at radius 3 is 2.79 bits per heavy atom. The van der Waals surface area contributed by atoms with E-state index in [4.69, 9.17) is 5.11 Å². The van der Waals surface area contributed by atoms with Gasteiger partial charge < -0.3 is 20.3 Å². The van der Waals surface area contributed by atoms with E-state index in [1.165, 1.54) is 12.5 Å². The monoisotopic (exact) mass is 200 g/mol. The van der Waals surface area contributed by atoms with Crippen LogP contribution in [0.3, 0.4) is 0 Å². The summed E-state index contributed by atoms with van der Waals surface area (Å²) in [5.41, 5.74) is -0.502. The molecule has 0 aliphatic carbocycles. The fraction of sp³-hybridized carbons (Fsp3) is 0.500. The first-order valence-electron chi connectivity index (χ1n) is 4.16. The first kappa shape index (κ1) is 10.8. The van der Waals surface area contributed by atoms with Crippen molar-refractivity contribution in [2.45, 2.75) is 18.6 Å². The SMILES string of the molecule is O=c1[nH]cncc1C(O)C(O)CCO. The van der Waals surface area contributed by atoms with Crippen LogP contribution < -0.4 is 5.56 Å². The lowest BCUT2D eigenvalue weighted by Gasteiger charge is -2.15. The van der Waals surface area contributed by atoms with Gasteiger partial charge in [0.25, 0.3) is 5.56 Å². The van der Waals surface area contributed by atoms with E-state index in [1.54, 1.807) is 0 Å². The van der Waals surface area contributed by atoms with Crippen LogP contribution in [0.5, 0.6) is 0 Å². The molecule has 4 N–H and O–H groups in total. The van der Waals surface area contributed by atoms with Gasteiger partial charge in [-0.1, -0.05) is 0 Å². The lowest BCUT2D eigenvalue weighted by atomic mass is 10.1. The second kappa shape index (κ2) is 4.85. The molecular weight excluding hydrogens is 188 g/mol. The maximum Gasteiger partial charge on any atom is 0.256 e. The highest BCUT2D eigenvalue weighted by molar-refractivity contribution is 5.08. The molecule has 0 fully saturated rings. The smallest absolute Gasteiger partial charge is 0.256 e. The summed E-state index contributed by atoms with van der Waals surface area (Å²) in [7, 11) is 0. The molecular formula is C8H12N2O4. The Hall–Kier alpha value is -1.24. The first-order valence-corrected chi connectivity index (χ1v) is 4.16. The molecule has 0 bridgehead atoms. The highest BCUT2D eigenvalue weighted by atomic mass is 16.3. The Kier molecular flexibility index (Phi) is 3.75. The average Bonchev–Trinajstić information content (AvgIpc) is 2.18. The summed E-state index contributed by atoms with van der Waals surface area (Å²) in [6, 6.07) is 0. The number of aromatic nitrogens is 2. The van der Waals surface area contributed by atoms with Gasteiger partial charge in [-0.15, -0.1) is 0 Å². The van der Waals surface area contributed by atoms with E-state index < -0.39 is 17.8 Å². The van der Waals surface area contributed by atoms with Crippen molar-refractivity contribution >= 4 is 0 Å². The molecule has 0 saturated carbocycles. The highest BCUT2D eigenvalue weighted by Gasteiger charge is 2.20.